The second kappa shape index (κ2) is 13.1. The molecule has 0 aromatic heterocycles. The van der Waals surface area contributed by atoms with Crippen LogP contribution in [0.2, 0.25) is 0 Å². The molecule has 0 saturated carbocycles. The van der Waals surface area contributed by atoms with Gasteiger partial charge in [-0.2, -0.15) is 13.2 Å². The van der Waals surface area contributed by atoms with Crippen LogP contribution in [-0.2, 0) is 9.53 Å². The predicted octanol–water partition coefficient (Wildman–Crippen LogP) is 5.74. The monoisotopic (exact) mass is 342 g/mol. The van der Waals surface area contributed by atoms with Crippen molar-refractivity contribution >= 4 is 17.7 Å². The number of hydrogen-bond donors (Lipinski definition) is 0. The van der Waals surface area contributed by atoms with E-state index >= 15 is 0 Å². The summed E-state index contributed by atoms with van der Waals surface area (Å²) in [5.41, 5.74) is 0. The Morgan fingerprint density at radius 1 is 1.05 bits per heavy atom. The van der Waals surface area contributed by atoms with Crippen molar-refractivity contribution in [2.75, 3.05) is 12.4 Å². The van der Waals surface area contributed by atoms with Crippen molar-refractivity contribution in [3.05, 3.63) is 0 Å². The van der Waals surface area contributed by atoms with Gasteiger partial charge in [-0.25, -0.2) is 0 Å². The summed E-state index contributed by atoms with van der Waals surface area (Å²) in [6.45, 7) is 4.31. The molecule has 0 bridgehead atoms. The van der Waals surface area contributed by atoms with Gasteiger partial charge < -0.3 is 4.74 Å². The third kappa shape index (κ3) is 13.3. The standard InChI is InChI=1S/C16H29F3O2S/c1-3-5-8-11-14(15(20)21-4-2)22-13-10-7-6-9-12-16(17,18)19/h14H,3-13H2,1-2H3. The largest absolute Gasteiger partial charge is 0.465 e. The number of thioether (sulfide) groups is 1. The zero-order valence-electron chi connectivity index (χ0n) is 13.7. The summed E-state index contributed by atoms with van der Waals surface area (Å²) in [4.78, 5) is 11.8. The molecule has 1 atom stereocenters. The Morgan fingerprint density at radius 2 is 1.73 bits per heavy atom. The lowest BCUT2D eigenvalue weighted by Gasteiger charge is -2.15. The minimum absolute atomic E-state index is 0.123. The zero-order chi connectivity index (χ0) is 16.8. The first-order valence-electron chi connectivity index (χ1n) is 8.25. The number of hydrogen-bond acceptors (Lipinski definition) is 3. The lowest BCUT2D eigenvalue weighted by Crippen LogP contribution is -2.20. The molecule has 0 N–H and O–H groups in total. The number of halogens is 3. The first kappa shape index (κ1) is 21.6. The van der Waals surface area contributed by atoms with Crippen molar-refractivity contribution in [2.24, 2.45) is 0 Å². The number of esters is 1. The van der Waals surface area contributed by atoms with Gasteiger partial charge in [-0.05, 0) is 31.9 Å². The summed E-state index contributed by atoms with van der Waals surface area (Å²) < 4.78 is 41.1. The Morgan fingerprint density at radius 3 is 2.32 bits per heavy atom. The van der Waals surface area contributed by atoms with Gasteiger partial charge in [0.15, 0.2) is 0 Å². The fraction of sp³-hybridized carbons (Fsp3) is 0.938. The molecule has 0 aliphatic carbocycles. The maximum Gasteiger partial charge on any atom is 0.389 e. The minimum atomic E-state index is -4.04. The van der Waals surface area contributed by atoms with E-state index in [-0.39, 0.29) is 17.6 Å². The highest BCUT2D eigenvalue weighted by molar-refractivity contribution is 8.00. The van der Waals surface area contributed by atoms with Crippen LogP contribution in [0.3, 0.4) is 0 Å². The van der Waals surface area contributed by atoms with Crippen LogP contribution >= 0.6 is 11.8 Å². The van der Waals surface area contributed by atoms with Crippen molar-refractivity contribution < 1.29 is 22.7 Å². The molecule has 0 fully saturated rings. The lowest BCUT2D eigenvalue weighted by molar-refractivity contribution is -0.142. The van der Waals surface area contributed by atoms with Gasteiger partial charge in [-0.1, -0.05) is 39.0 Å². The number of unbranched alkanes of at least 4 members (excludes halogenated alkanes) is 5. The predicted molar refractivity (Wildman–Crippen MR) is 86.2 cm³/mol. The lowest BCUT2D eigenvalue weighted by atomic mass is 10.1. The van der Waals surface area contributed by atoms with Crippen LogP contribution < -0.4 is 0 Å². The molecular weight excluding hydrogens is 313 g/mol. The Bertz CT molecular complexity index is 283. The molecule has 132 valence electrons. The summed E-state index contributed by atoms with van der Waals surface area (Å²) in [7, 11) is 0. The van der Waals surface area contributed by atoms with Gasteiger partial charge in [0.05, 0.1) is 6.61 Å². The van der Waals surface area contributed by atoms with Gasteiger partial charge in [0.2, 0.25) is 0 Å². The van der Waals surface area contributed by atoms with Crippen LogP contribution in [-0.4, -0.2) is 29.8 Å². The first-order valence-corrected chi connectivity index (χ1v) is 9.30. The molecule has 0 spiro atoms. The van der Waals surface area contributed by atoms with Crippen LogP contribution in [0.4, 0.5) is 13.2 Å². The van der Waals surface area contributed by atoms with E-state index in [4.69, 9.17) is 4.74 Å². The molecule has 0 aliphatic heterocycles. The normalized spacial score (nSPS) is 13.1. The van der Waals surface area contributed by atoms with Crippen LogP contribution in [0, 0.1) is 0 Å². The third-order valence-electron chi connectivity index (χ3n) is 3.29. The molecule has 0 rings (SSSR count). The quantitative estimate of drug-likeness (QED) is 0.315. The molecule has 1 unspecified atom stereocenters. The Hall–Kier alpha value is -0.390. The molecule has 0 aliphatic rings. The zero-order valence-corrected chi connectivity index (χ0v) is 14.5. The molecule has 0 amide bonds. The molecule has 2 nitrogen and oxygen atoms in total. The number of ether oxygens (including phenoxy) is 1. The van der Waals surface area contributed by atoms with Crippen molar-refractivity contribution in [1.82, 2.24) is 0 Å². The van der Waals surface area contributed by atoms with Crippen LogP contribution in [0.15, 0.2) is 0 Å². The highest BCUT2D eigenvalue weighted by Crippen LogP contribution is 2.24. The molecule has 6 heteroatoms. The van der Waals surface area contributed by atoms with Gasteiger partial charge in [-0.3, -0.25) is 4.79 Å². The third-order valence-corrected chi connectivity index (χ3v) is 4.65. The summed E-state index contributed by atoms with van der Waals surface area (Å²) in [5, 5.41) is -0.123. The number of carbonyl (C=O) groups excluding carboxylic acids is 1. The maximum atomic E-state index is 12.0. The fourth-order valence-electron chi connectivity index (χ4n) is 2.09. The van der Waals surface area contributed by atoms with Crippen LogP contribution in [0.1, 0.15) is 71.6 Å². The first-order chi connectivity index (χ1) is 10.4. The van der Waals surface area contributed by atoms with E-state index in [1.54, 1.807) is 18.7 Å². The topological polar surface area (TPSA) is 26.3 Å². The smallest absolute Gasteiger partial charge is 0.389 e. The molecule has 0 heterocycles. The van der Waals surface area contributed by atoms with Gasteiger partial charge in [0.1, 0.15) is 5.25 Å². The van der Waals surface area contributed by atoms with Gasteiger partial charge in [0, 0.05) is 6.42 Å². The van der Waals surface area contributed by atoms with E-state index in [2.05, 4.69) is 6.92 Å². The van der Waals surface area contributed by atoms with E-state index in [0.29, 0.717) is 13.0 Å². The highest BCUT2D eigenvalue weighted by atomic mass is 32.2. The van der Waals surface area contributed by atoms with Crippen LogP contribution in [0.25, 0.3) is 0 Å². The van der Waals surface area contributed by atoms with Crippen LogP contribution in [0.5, 0.6) is 0 Å². The van der Waals surface area contributed by atoms with Crippen molar-refractivity contribution in [1.29, 1.82) is 0 Å². The summed E-state index contributed by atoms with van der Waals surface area (Å²) in [6, 6.07) is 0. The van der Waals surface area contributed by atoms with Crippen molar-refractivity contribution in [3.8, 4) is 0 Å². The second-order valence-corrected chi connectivity index (χ2v) is 6.70. The van der Waals surface area contributed by atoms with Gasteiger partial charge in [0.25, 0.3) is 0 Å². The molecule has 0 saturated heterocycles. The summed E-state index contributed by atoms with van der Waals surface area (Å²) in [5.74, 6) is 0.655. The maximum absolute atomic E-state index is 12.0. The Labute approximate surface area is 136 Å². The molecule has 22 heavy (non-hydrogen) atoms. The molecular formula is C16H29F3O2S. The average molecular weight is 342 g/mol. The van der Waals surface area contributed by atoms with Gasteiger partial charge >= 0.3 is 12.1 Å². The highest BCUT2D eigenvalue weighted by Gasteiger charge is 2.25. The molecule has 0 radical (unpaired) electrons. The van der Waals surface area contributed by atoms with Crippen molar-refractivity contribution in [3.63, 3.8) is 0 Å². The van der Waals surface area contributed by atoms with E-state index in [9.17, 15) is 18.0 Å². The van der Waals surface area contributed by atoms with E-state index in [0.717, 1.165) is 44.3 Å². The minimum Gasteiger partial charge on any atom is -0.465 e. The van der Waals surface area contributed by atoms with E-state index < -0.39 is 12.6 Å². The van der Waals surface area contributed by atoms with Gasteiger partial charge in [-0.15, -0.1) is 11.8 Å². The average Bonchev–Trinajstić information content (AvgIpc) is 2.43. The Kier molecular flexibility index (Phi) is 12.9. The van der Waals surface area contributed by atoms with E-state index in [1.807, 2.05) is 0 Å². The summed E-state index contributed by atoms with van der Waals surface area (Å²) >= 11 is 1.59. The number of rotatable bonds is 13. The summed E-state index contributed by atoms with van der Waals surface area (Å²) in [6.07, 6.45) is 1.76. The van der Waals surface area contributed by atoms with Crippen molar-refractivity contribution in [2.45, 2.75) is 83.1 Å². The van der Waals surface area contributed by atoms with E-state index in [1.165, 1.54) is 0 Å². The molecule has 0 aromatic rings. The second-order valence-electron chi connectivity index (χ2n) is 5.39. The fourth-order valence-corrected chi connectivity index (χ4v) is 3.28. The SMILES string of the molecule is CCCCCC(SCCCCCCC(F)(F)F)C(=O)OCC. The molecule has 0 aromatic carbocycles. The number of alkyl halides is 3. The Balaban J connectivity index is 3.80. The number of carbonyl (C=O) groups is 1.